The van der Waals surface area contributed by atoms with E-state index in [0.717, 1.165) is 11.1 Å². The van der Waals surface area contributed by atoms with Gasteiger partial charge in [0.2, 0.25) is 6.79 Å². The quantitative estimate of drug-likeness (QED) is 0.368. The number of halogens is 1. The molecule has 0 aromatic heterocycles. The summed E-state index contributed by atoms with van der Waals surface area (Å²) in [6.45, 7) is 0.704. The van der Waals surface area contributed by atoms with E-state index in [2.05, 4.69) is 5.32 Å². The smallest absolute Gasteiger partial charge is 0.262 e. The maximum absolute atomic E-state index is 12.6. The normalized spacial score (nSPS) is 12.1. The van der Waals surface area contributed by atoms with Crippen LogP contribution >= 0.6 is 11.6 Å². The summed E-state index contributed by atoms with van der Waals surface area (Å²) in [6, 6.07) is 19.9. The molecule has 1 aliphatic rings. The molecule has 0 radical (unpaired) electrons. The van der Waals surface area contributed by atoms with E-state index in [4.69, 9.17) is 30.5 Å². The molecule has 1 heterocycles. The summed E-state index contributed by atoms with van der Waals surface area (Å²) < 4.78 is 21.9. The molecule has 8 heteroatoms. The summed E-state index contributed by atoms with van der Waals surface area (Å²) >= 11 is 6.03. The zero-order valence-corrected chi connectivity index (χ0v) is 19.1. The summed E-state index contributed by atoms with van der Waals surface area (Å²) in [6.07, 6.45) is 1.50. The van der Waals surface area contributed by atoms with Crippen molar-refractivity contribution in [2.45, 2.75) is 13.2 Å². The number of hydrogen-bond donors (Lipinski definition) is 1. The van der Waals surface area contributed by atoms with Gasteiger partial charge >= 0.3 is 0 Å². The lowest BCUT2D eigenvalue weighted by molar-refractivity contribution is -0.117. The molecule has 0 saturated heterocycles. The number of nitrogens with zero attached hydrogens (tertiary/aromatic N) is 1. The molecule has 172 valence electrons. The summed E-state index contributed by atoms with van der Waals surface area (Å²) in [5.74, 6) is 1.82. The monoisotopic (exact) mass is 476 g/mol. The second-order valence-electron chi connectivity index (χ2n) is 7.37. The number of methoxy groups -OCH3 is 1. The van der Waals surface area contributed by atoms with Gasteiger partial charge < -0.3 is 24.3 Å². The third-order valence-corrected chi connectivity index (χ3v) is 5.27. The zero-order chi connectivity index (χ0) is 23.9. The van der Waals surface area contributed by atoms with Gasteiger partial charge in [0, 0.05) is 11.6 Å². The lowest BCUT2D eigenvalue weighted by Crippen LogP contribution is -2.23. The molecule has 0 aliphatic carbocycles. The number of ether oxygens (including phenoxy) is 4. The fourth-order valence-electron chi connectivity index (χ4n) is 3.33. The standard InChI is InChI=1S/C26H21ClN2O5/c1-31-22-7-5-17(11-24(22)32-15-19-3-2-4-21(27)10-19)9-20(13-28)26(30)29-14-18-6-8-23-25(12-18)34-16-33-23/h2-12H,14-16H2,1H3,(H,29,30). The predicted octanol–water partition coefficient (Wildman–Crippen LogP) is 4.88. The van der Waals surface area contributed by atoms with Crippen LogP contribution < -0.4 is 24.3 Å². The molecule has 34 heavy (non-hydrogen) atoms. The maximum Gasteiger partial charge on any atom is 0.262 e. The van der Waals surface area contributed by atoms with Crippen LogP contribution in [0.2, 0.25) is 5.02 Å². The Balaban J connectivity index is 1.45. The van der Waals surface area contributed by atoms with Crippen molar-refractivity contribution in [2.75, 3.05) is 13.9 Å². The average molecular weight is 477 g/mol. The minimum Gasteiger partial charge on any atom is -0.493 e. The molecule has 0 bridgehead atoms. The molecule has 1 amide bonds. The van der Waals surface area contributed by atoms with Gasteiger partial charge in [-0.25, -0.2) is 0 Å². The van der Waals surface area contributed by atoms with E-state index in [9.17, 15) is 10.1 Å². The second kappa shape index (κ2) is 10.6. The van der Waals surface area contributed by atoms with Crippen LogP contribution in [0, 0.1) is 11.3 Å². The van der Waals surface area contributed by atoms with Gasteiger partial charge in [-0.05, 0) is 59.2 Å². The van der Waals surface area contributed by atoms with Gasteiger partial charge in [0.1, 0.15) is 18.2 Å². The van der Waals surface area contributed by atoms with Crippen molar-refractivity contribution in [1.82, 2.24) is 5.32 Å². The van der Waals surface area contributed by atoms with Crippen LogP contribution in [0.1, 0.15) is 16.7 Å². The lowest BCUT2D eigenvalue weighted by Gasteiger charge is -2.12. The van der Waals surface area contributed by atoms with E-state index in [1.165, 1.54) is 6.08 Å². The predicted molar refractivity (Wildman–Crippen MR) is 127 cm³/mol. The Bertz CT molecular complexity index is 1280. The number of carbonyl (C=O) groups is 1. The van der Waals surface area contributed by atoms with E-state index >= 15 is 0 Å². The zero-order valence-electron chi connectivity index (χ0n) is 18.3. The van der Waals surface area contributed by atoms with E-state index in [-0.39, 0.29) is 25.5 Å². The van der Waals surface area contributed by atoms with Crippen molar-refractivity contribution in [2.24, 2.45) is 0 Å². The van der Waals surface area contributed by atoms with Gasteiger partial charge in [0.25, 0.3) is 5.91 Å². The fourth-order valence-corrected chi connectivity index (χ4v) is 3.54. The molecule has 3 aromatic rings. The maximum atomic E-state index is 12.6. The third-order valence-electron chi connectivity index (χ3n) is 5.04. The lowest BCUT2D eigenvalue weighted by atomic mass is 10.1. The molecular weight excluding hydrogens is 456 g/mol. The first kappa shape index (κ1) is 23.0. The van der Waals surface area contributed by atoms with Gasteiger partial charge in [-0.1, -0.05) is 35.9 Å². The number of hydrogen-bond acceptors (Lipinski definition) is 6. The summed E-state index contributed by atoms with van der Waals surface area (Å²) in [5.41, 5.74) is 2.32. The molecule has 4 rings (SSSR count). The van der Waals surface area contributed by atoms with Crippen molar-refractivity contribution in [3.05, 3.63) is 87.9 Å². The molecule has 3 aromatic carbocycles. The van der Waals surface area contributed by atoms with Crippen molar-refractivity contribution in [3.63, 3.8) is 0 Å². The Morgan fingerprint density at radius 2 is 1.94 bits per heavy atom. The summed E-state index contributed by atoms with van der Waals surface area (Å²) in [4.78, 5) is 12.6. The first-order chi connectivity index (χ1) is 16.6. The number of fused-ring (bicyclic) bond motifs is 1. The first-order valence-corrected chi connectivity index (χ1v) is 10.8. The van der Waals surface area contributed by atoms with Crippen LogP contribution in [0.5, 0.6) is 23.0 Å². The van der Waals surface area contributed by atoms with Gasteiger partial charge in [0.15, 0.2) is 23.0 Å². The fraction of sp³-hybridized carbons (Fsp3) is 0.154. The number of benzene rings is 3. The number of nitrogens with one attached hydrogen (secondary N) is 1. The van der Waals surface area contributed by atoms with Crippen molar-refractivity contribution in [1.29, 1.82) is 5.26 Å². The van der Waals surface area contributed by atoms with Crippen LogP contribution in [0.3, 0.4) is 0 Å². The highest BCUT2D eigenvalue weighted by Crippen LogP contribution is 2.32. The molecule has 0 atom stereocenters. The molecule has 0 spiro atoms. The van der Waals surface area contributed by atoms with Crippen molar-refractivity contribution < 1.29 is 23.7 Å². The Morgan fingerprint density at radius 1 is 1.09 bits per heavy atom. The third kappa shape index (κ3) is 5.61. The van der Waals surface area contributed by atoms with Crippen LogP contribution in [0.25, 0.3) is 6.08 Å². The Hall–Kier alpha value is -4.15. The largest absolute Gasteiger partial charge is 0.493 e. The molecule has 0 fully saturated rings. The Morgan fingerprint density at radius 3 is 2.74 bits per heavy atom. The Kier molecular flexibility index (Phi) is 7.21. The van der Waals surface area contributed by atoms with Crippen LogP contribution in [-0.4, -0.2) is 19.8 Å². The molecule has 0 saturated carbocycles. The topological polar surface area (TPSA) is 89.8 Å². The van der Waals surface area contributed by atoms with E-state index in [0.29, 0.717) is 33.6 Å². The van der Waals surface area contributed by atoms with Crippen molar-refractivity contribution >= 4 is 23.6 Å². The number of nitriles is 1. The van der Waals surface area contributed by atoms with Crippen LogP contribution in [-0.2, 0) is 17.9 Å². The Labute approximate surface area is 202 Å². The minimum absolute atomic E-state index is 0.0355. The summed E-state index contributed by atoms with van der Waals surface area (Å²) in [5, 5.41) is 12.9. The van der Waals surface area contributed by atoms with E-state index < -0.39 is 5.91 Å². The molecular formula is C26H21ClN2O5. The number of amides is 1. The van der Waals surface area contributed by atoms with Crippen molar-refractivity contribution in [3.8, 4) is 29.1 Å². The van der Waals surface area contributed by atoms with E-state index in [1.807, 2.05) is 30.3 Å². The van der Waals surface area contributed by atoms with Gasteiger partial charge in [-0.15, -0.1) is 0 Å². The van der Waals surface area contributed by atoms with Gasteiger partial charge in [-0.3, -0.25) is 4.79 Å². The molecule has 1 aliphatic heterocycles. The van der Waals surface area contributed by atoms with Gasteiger partial charge in [-0.2, -0.15) is 5.26 Å². The van der Waals surface area contributed by atoms with Gasteiger partial charge in [0.05, 0.1) is 7.11 Å². The highest BCUT2D eigenvalue weighted by Gasteiger charge is 2.15. The molecule has 1 N–H and O–H groups in total. The highest BCUT2D eigenvalue weighted by molar-refractivity contribution is 6.30. The molecule has 7 nitrogen and oxygen atoms in total. The highest BCUT2D eigenvalue weighted by atomic mass is 35.5. The average Bonchev–Trinajstić information content (AvgIpc) is 3.32. The summed E-state index contributed by atoms with van der Waals surface area (Å²) in [7, 11) is 1.54. The number of rotatable bonds is 8. The second-order valence-corrected chi connectivity index (χ2v) is 7.81. The number of carbonyl (C=O) groups excluding carboxylic acids is 1. The van der Waals surface area contributed by atoms with E-state index in [1.54, 1.807) is 43.5 Å². The molecule has 0 unspecified atom stereocenters. The minimum atomic E-state index is -0.489. The first-order valence-electron chi connectivity index (χ1n) is 10.4. The van der Waals surface area contributed by atoms with Crippen LogP contribution in [0.15, 0.2) is 66.2 Å². The van der Waals surface area contributed by atoms with Crippen LogP contribution in [0.4, 0.5) is 0 Å². The SMILES string of the molecule is COc1ccc(C=C(C#N)C(=O)NCc2ccc3c(c2)OCO3)cc1OCc1cccc(Cl)c1.